The second-order valence-corrected chi connectivity index (χ2v) is 9.64. The van der Waals surface area contributed by atoms with Crippen molar-refractivity contribution in [3.63, 3.8) is 0 Å². The van der Waals surface area contributed by atoms with Gasteiger partial charge in [0.2, 0.25) is 0 Å². The molecule has 0 spiro atoms. The molecule has 0 radical (unpaired) electrons. The molecule has 102 valence electrons. The number of nitrogen functional groups attached to an aromatic ring is 1. The number of nitrogens with zero attached hydrogens (tertiary/aromatic N) is 1. The molecule has 1 aromatic heterocycles. The van der Waals surface area contributed by atoms with Gasteiger partial charge in [0.1, 0.15) is 4.21 Å². The number of thiophene rings is 1. The van der Waals surface area contributed by atoms with Crippen molar-refractivity contribution in [2.75, 3.05) is 24.3 Å². The maximum absolute atomic E-state index is 12.2. The van der Waals surface area contributed by atoms with E-state index in [4.69, 9.17) is 5.73 Å². The van der Waals surface area contributed by atoms with Crippen molar-refractivity contribution in [1.82, 2.24) is 4.31 Å². The zero-order valence-electron chi connectivity index (χ0n) is 9.74. The monoisotopic (exact) mass is 310 g/mol. The minimum Gasteiger partial charge on any atom is -0.398 e. The number of hydrogen-bond donors (Lipinski definition) is 1. The molecule has 0 aliphatic carbocycles. The Morgan fingerprint density at radius 1 is 1.50 bits per heavy atom. The lowest BCUT2D eigenvalue weighted by Gasteiger charge is -2.21. The topological polar surface area (TPSA) is 97.5 Å². The maximum atomic E-state index is 12.2. The molecule has 1 atom stereocenters. The van der Waals surface area contributed by atoms with E-state index >= 15 is 0 Å². The first kappa shape index (κ1) is 13.8. The van der Waals surface area contributed by atoms with Crippen molar-refractivity contribution in [1.29, 1.82) is 0 Å². The van der Waals surface area contributed by atoms with Gasteiger partial charge in [-0.2, -0.15) is 4.31 Å². The quantitative estimate of drug-likeness (QED) is 0.856. The lowest BCUT2D eigenvalue weighted by atomic mass is 10.3. The Morgan fingerprint density at radius 2 is 2.17 bits per heavy atom. The van der Waals surface area contributed by atoms with Gasteiger partial charge in [-0.15, -0.1) is 11.3 Å². The molecule has 1 fully saturated rings. The van der Waals surface area contributed by atoms with Crippen molar-refractivity contribution in [3.8, 4) is 0 Å². The fourth-order valence-corrected chi connectivity index (χ4v) is 6.38. The molecule has 1 aliphatic heterocycles. The summed E-state index contributed by atoms with van der Waals surface area (Å²) in [5.41, 5.74) is 5.90. The van der Waals surface area contributed by atoms with Crippen LogP contribution in [0.3, 0.4) is 0 Å². The Bertz CT molecular complexity index is 647. The lowest BCUT2D eigenvalue weighted by molar-refractivity contribution is 0.395. The van der Waals surface area contributed by atoms with Crippen LogP contribution in [0.1, 0.15) is 6.42 Å². The van der Waals surface area contributed by atoms with Crippen LogP contribution < -0.4 is 5.73 Å². The molecular weight excluding hydrogens is 296 g/mol. The maximum Gasteiger partial charge on any atom is 0.252 e. The molecule has 18 heavy (non-hydrogen) atoms. The zero-order valence-corrected chi connectivity index (χ0v) is 12.2. The van der Waals surface area contributed by atoms with E-state index in [1.165, 1.54) is 13.1 Å². The average molecular weight is 310 g/mol. The molecule has 1 aromatic rings. The van der Waals surface area contributed by atoms with Gasteiger partial charge in [-0.1, -0.05) is 0 Å². The summed E-state index contributed by atoms with van der Waals surface area (Å²) in [6, 6.07) is 0.906. The van der Waals surface area contributed by atoms with Gasteiger partial charge in [0.15, 0.2) is 9.84 Å². The van der Waals surface area contributed by atoms with E-state index in [0.717, 1.165) is 15.6 Å². The summed E-state index contributed by atoms with van der Waals surface area (Å²) in [6.45, 7) is 0. The van der Waals surface area contributed by atoms with Crippen LogP contribution in [0.2, 0.25) is 0 Å². The SMILES string of the molecule is CN(C1CCS(=O)(=O)C1)S(=O)(=O)c1cc(N)cs1. The molecule has 6 nitrogen and oxygen atoms in total. The summed E-state index contributed by atoms with van der Waals surface area (Å²) in [7, 11) is -5.34. The van der Waals surface area contributed by atoms with Crippen LogP contribution in [-0.2, 0) is 19.9 Å². The molecule has 2 N–H and O–H groups in total. The summed E-state index contributed by atoms with van der Waals surface area (Å²) in [6.07, 6.45) is 0.346. The smallest absolute Gasteiger partial charge is 0.252 e. The van der Waals surface area contributed by atoms with Crippen molar-refractivity contribution in [2.45, 2.75) is 16.7 Å². The standard InChI is InChI=1S/C9H14N2O4S3/c1-11(8-2-3-17(12,13)6-8)18(14,15)9-4-7(10)5-16-9/h4-5,8H,2-3,6,10H2,1H3. The highest BCUT2D eigenvalue weighted by molar-refractivity contribution is 7.92. The first-order valence-electron chi connectivity index (χ1n) is 5.25. The molecule has 1 aliphatic rings. The van der Waals surface area contributed by atoms with Gasteiger partial charge in [-0.05, 0) is 12.5 Å². The normalized spacial score (nSPS) is 23.6. The average Bonchev–Trinajstić information content (AvgIpc) is 2.83. The van der Waals surface area contributed by atoms with Crippen LogP contribution in [0.5, 0.6) is 0 Å². The van der Waals surface area contributed by atoms with E-state index < -0.39 is 25.9 Å². The molecule has 0 aromatic carbocycles. The molecular formula is C9H14N2O4S3. The van der Waals surface area contributed by atoms with Gasteiger partial charge in [0.05, 0.1) is 11.5 Å². The highest BCUT2D eigenvalue weighted by Crippen LogP contribution is 2.28. The molecule has 0 saturated carbocycles. The number of sulfonamides is 1. The van der Waals surface area contributed by atoms with E-state index in [0.29, 0.717) is 12.1 Å². The van der Waals surface area contributed by atoms with Crippen LogP contribution in [0.25, 0.3) is 0 Å². The summed E-state index contributed by atoms with van der Waals surface area (Å²) in [5, 5.41) is 1.55. The van der Waals surface area contributed by atoms with Crippen LogP contribution in [-0.4, -0.2) is 45.7 Å². The third kappa shape index (κ3) is 2.53. The number of rotatable bonds is 3. The molecule has 1 unspecified atom stereocenters. The Labute approximate surface area is 110 Å². The second-order valence-electron chi connectivity index (χ2n) is 4.28. The second kappa shape index (κ2) is 4.48. The highest BCUT2D eigenvalue weighted by Gasteiger charge is 2.36. The molecule has 0 bridgehead atoms. The van der Waals surface area contributed by atoms with Gasteiger partial charge >= 0.3 is 0 Å². The van der Waals surface area contributed by atoms with Gasteiger partial charge in [-0.25, -0.2) is 16.8 Å². The van der Waals surface area contributed by atoms with Crippen LogP contribution in [0, 0.1) is 0 Å². The minimum atomic E-state index is -3.64. The van der Waals surface area contributed by atoms with Crippen LogP contribution in [0.4, 0.5) is 5.69 Å². The van der Waals surface area contributed by atoms with E-state index in [-0.39, 0.29) is 15.7 Å². The van der Waals surface area contributed by atoms with Crippen molar-refractivity contribution < 1.29 is 16.8 Å². The summed E-state index contributed by atoms with van der Waals surface area (Å²) in [4.78, 5) is 0. The fourth-order valence-electron chi connectivity index (χ4n) is 1.87. The predicted octanol–water partition coefficient (Wildman–Crippen LogP) is 0.138. The molecule has 1 saturated heterocycles. The third-order valence-electron chi connectivity index (χ3n) is 2.95. The lowest BCUT2D eigenvalue weighted by Crippen LogP contribution is -2.37. The summed E-state index contributed by atoms with van der Waals surface area (Å²) < 4.78 is 48.5. The summed E-state index contributed by atoms with van der Waals surface area (Å²) >= 11 is 1.04. The van der Waals surface area contributed by atoms with E-state index in [2.05, 4.69) is 0 Å². The van der Waals surface area contributed by atoms with E-state index in [1.807, 2.05) is 0 Å². The number of sulfone groups is 1. The Balaban J connectivity index is 2.26. The Morgan fingerprint density at radius 3 is 2.61 bits per heavy atom. The number of nitrogens with two attached hydrogens (primary N) is 1. The molecule has 9 heteroatoms. The van der Waals surface area contributed by atoms with Gasteiger partial charge in [0.25, 0.3) is 10.0 Å². The van der Waals surface area contributed by atoms with Gasteiger partial charge in [0, 0.05) is 24.2 Å². The van der Waals surface area contributed by atoms with Gasteiger partial charge < -0.3 is 5.73 Å². The molecule has 2 heterocycles. The highest BCUT2D eigenvalue weighted by atomic mass is 32.2. The van der Waals surface area contributed by atoms with Crippen molar-refractivity contribution in [2.24, 2.45) is 0 Å². The van der Waals surface area contributed by atoms with Crippen LogP contribution in [0.15, 0.2) is 15.7 Å². The third-order valence-corrected chi connectivity index (χ3v) is 8.05. The van der Waals surface area contributed by atoms with Crippen molar-refractivity contribution >= 4 is 36.9 Å². The molecule has 2 rings (SSSR count). The fraction of sp³-hybridized carbons (Fsp3) is 0.556. The van der Waals surface area contributed by atoms with Crippen LogP contribution >= 0.6 is 11.3 Å². The molecule has 0 amide bonds. The summed E-state index contributed by atoms with van der Waals surface area (Å²) in [5.74, 6) is -0.0618. The van der Waals surface area contributed by atoms with Crippen molar-refractivity contribution in [3.05, 3.63) is 11.4 Å². The zero-order chi connectivity index (χ0) is 13.6. The minimum absolute atomic E-state index is 0.0457. The largest absolute Gasteiger partial charge is 0.398 e. The Kier molecular flexibility index (Phi) is 3.43. The van der Waals surface area contributed by atoms with Gasteiger partial charge in [-0.3, -0.25) is 0 Å². The Hall–Kier alpha value is -0.640. The number of anilines is 1. The first-order valence-corrected chi connectivity index (χ1v) is 9.39. The first-order chi connectivity index (χ1) is 8.22. The van der Waals surface area contributed by atoms with E-state index in [9.17, 15) is 16.8 Å². The number of hydrogen-bond acceptors (Lipinski definition) is 6. The van der Waals surface area contributed by atoms with E-state index in [1.54, 1.807) is 5.38 Å². The predicted molar refractivity (Wildman–Crippen MR) is 70.7 cm³/mol.